The lowest BCUT2D eigenvalue weighted by atomic mass is 10.2. The number of carboxylic acids is 1. The first-order valence-electron chi connectivity index (χ1n) is 13.3. The van der Waals surface area contributed by atoms with Gasteiger partial charge in [0.1, 0.15) is 18.9 Å². The molecule has 0 saturated heterocycles. The van der Waals surface area contributed by atoms with Crippen molar-refractivity contribution < 1.29 is 19.4 Å². The Hall–Kier alpha value is -5.64. The van der Waals surface area contributed by atoms with E-state index in [2.05, 4.69) is 10.1 Å². The third-order valence-electron chi connectivity index (χ3n) is 6.78. The number of ether oxygens (including phenoxy) is 2. The second-order valence-corrected chi connectivity index (χ2v) is 9.69. The van der Waals surface area contributed by atoms with E-state index < -0.39 is 5.97 Å². The molecule has 0 amide bonds. The summed E-state index contributed by atoms with van der Waals surface area (Å²) in [4.78, 5) is 29.3. The zero-order chi connectivity index (χ0) is 29.1. The molecule has 0 bridgehead atoms. The molecular weight excluding hydrogens is 534 g/mol. The highest BCUT2D eigenvalue weighted by atomic mass is 16.5. The second kappa shape index (κ2) is 11.5. The molecule has 0 saturated carbocycles. The molecule has 0 radical (unpaired) electrons. The van der Waals surface area contributed by atoms with Crippen LogP contribution < -0.4 is 15.2 Å². The smallest absolute Gasteiger partial charge is 0.333 e. The predicted octanol–water partition coefficient (Wildman–Crippen LogP) is 4.70. The van der Waals surface area contributed by atoms with Crippen LogP contribution in [0.4, 0.5) is 0 Å². The number of aliphatic carboxylic acids is 1. The van der Waals surface area contributed by atoms with Gasteiger partial charge in [0.2, 0.25) is 11.8 Å². The summed E-state index contributed by atoms with van der Waals surface area (Å²) in [5.74, 6) is -0.323. The fraction of sp³-hybridized carbons (Fsp3) is 0.125. The lowest BCUT2D eigenvalue weighted by Gasteiger charge is -2.14. The molecule has 1 N–H and O–H groups in total. The van der Waals surface area contributed by atoms with Crippen molar-refractivity contribution in [1.29, 1.82) is 0 Å². The monoisotopic (exact) mass is 561 g/mol. The zero-order valence-electron chi connectivity index (χ0n) is 22.8. The van der Waals surface area contributed by atoms with Crippen LogP contribution in [-0.2, 0) is 31.5 Å². The second-order valence-electron chi connectivity index (χ2n) is 9.69. The summed E-state index contributed by atoms with van der Waals surface area (Å²) >= 11 is 0. The number of nitrogens with zero attached hydrogens (tertiary/aromatic N) is 5. The molecule has 42 heavy (non-hydrogen) atoms. The number of imidazole rings is 1. The van der Waals surface area contributed by atoms with Crippen molar-refractivity contribution in [3.8, 4) is 23.1 Å². The van der Waals surface area contributed by atoms with Gasteiger partial charge in [0.15, 0.2) is 0 Å². The van der Waals surface area contributed by atoms with Crippen molar-refractivity contribution in [3.63, 3.8) is 0 Å². The maximum Gasteiger partial charge on any atom is 0.333 e. The molecule has 210 valence electrons. The van der Waals surface area contributed by atoms with Gasteiger partial charge in [0.25, 0.3) is 0 Å². The topological polar surface area (TPSA) is 113 Å². The van der Waals surface area contributed by atoms with Crippen LogP contribution in [0, 0.1) is 0 Å². The van der Waals surface area contributed by atoms with E-state index in [1.165, 1.54) is 0 Å². The van der Waals surface area contributed by atoms with Gasteiger partial charge in [-0.25, -0.2) is 9.48 Å². The largest absolute Gasteiger partial charge is 0.481 e. The van der Waals surface area contributed by atoms with Crippen LogP contribution in [0.15, 0.2) is 108 Å². The molecule has 0 aliphatic carbocycles. The molecule has 3 heterocycles. The highest BCUT2D eigenvalue weighted by molar-refractivity contribution is 5.81. The van der Waals surface area contributed by atoms with Crippen LogP contribution in [0.2, 0.25) is 0 Å². The number of carboxylic acid groups (broad SMARTS) is 1. The summed E-state index contributed by atoms with van der Waals surface area (Å²) in [6, 6.07) is 30.1. The Morgan fingerprint density at radius 1 is 0.833 bits per heavy atom. The molecule has 0 aliphatic heterocycles. The number of pyridine rings is 1. The first-order valence-corrected chi connectivity index (χ1v) is 13.3. The van der Waals surface area contributed by atoms with Crippen molar-refractivity contribution in [3.05, 3.63) is 131 Å². The van der Waals surface area contributed by atoms with Crippen LogP contribution in [0.25, 0.3) is 22.4 Å². The highest BCUT2D eigenvalue weighted by Gasteiger charge is 2.19. The molecule has 10 nitrogen and oxygen atoms in total. The quantitative estimate of drug-likeness (QED) is 0.258. The Bertz CT molecular complexity index is 1930. The number of aromatic nitrogens is 5. The fourth-order valence-electron chi connectivity index (χ4n) is 4.69. The molecular formula is C32H27N5O5. The summed E-state index contributed by atoms with van der Waals surface area (Å²) < 4.78 is 16.8. The number of rotatable bonds is 10. The van der Waals surface area contributed by atoms with E-state index in [-0.39, 0.29) is 24.6 Å². The molecule has 0 spiro atoms. The fourth-order valence-corrected chi connectivity index (χ4v) is 4.69. The van der Waals surface area contributed by atoms with Gasteiger partial charge in [0.05, 0.1) is 28.8 Å². The number of carbonyl (C=O) groups is 1. The van der Waals surface area contributed by atoms with Gasteiger partial charge in [-0.15, -0.1) is 0 Å². The molecule has 6 rings (SSSR count). The lowest BCUT2D eigenvalue weighted by molar-refractivity contribution is -0.136. The number of hydrogen-bond acceptors (Lipinski definition) is 6. The molecule has 0 aliphatic rings. The third-order valence-corrected chi connectivity index (χ3v) is 6.78. The van der Waals surface area contributed by atoms with Crippen LogP contribution >= 0.6 is 0 Å². The lowest BCUT2D eigenvalue weighted by Crippen LogP contribution is -2.21. The number of aryl methyl sites for hydroxylation is 1. The summed E-state index contributed by atoms with van der Waals surface area (Å²) in [5.41, 5.74) is 4.59. The third kappa shape index (κ3) is 5.50. The summed E-state index contributed by atoms with van der Waals surface area (Å²) in [6.45, 7) is 0.592. The van der Waals surface area contributed by atoms with E-state index in [0.717, 1.165) is 11.1 Å². The highest BCUT2D eigenvalue weighted by Crippen LogP contribution is 2.28. The van der Waals surface area contributed by atoms with Gasteiger partial charge in [-0.05, 0) is 41.5 Å². The minimum Gasteiger partial charge on any atom is -0.481 e. The van der Waals surface area contributed by atoms with Crippen molar-refractivity contribution >= 4 is 17.0 Å². The minimum absolute atomic E-state index is 0.173. The summed E-state index contributed by atoms with van der Waals surface area (Å²) in [6.07, 6.45) is 1.52. The maximum absolute atomic E-state index is 13.6. The van der Waals surface area contributed by atoms with Crippen LogP contribution in [0.1, 0.15) is 16.8 Å². The molecule has 0 fully saturated rings. The van der Waals surface area contributed by atoms with Crippen molar-refractivity contribution in [2.24, 2.45) is 7.05 Å². The maximum atomic E-state index is 13.6. The van der Waals surface area contributed by atoms with Gasteiger partial charge < -0.3 is 14.6 Å². The van der Waals surface area contributed by atoms with Gasteiger partial charge in [0, 0.05) is 19.3 Å². The van der Waals surface area contributed by atoms with E-state index >= 15 is 0 Å². The first-order chi connectivity index (χ1) is 20.5. The summed E-state index contributed by atoms with van der Waals surface area (Å²) in [7, 11) is 1.69. The SMILES string of the molecule is Cn1c(=O)n(-c2ccc(OCc3ccccc3)nc2OCc2ccccc2)c2ccc(-n3ccc(CC(=O)O)n3)cc21. The average Bonchev–Trinajstić information content (AvgIpc) is 3.57. The van der Waals surface area contributed by atoms with E-state index in [4.69, 9.17) is 14.6 Å². The first kappa shape index (κ1) is 26.6. The number of benzene rings is 3. The predicted molar refractivity (Wildman–Crippen MR) is 156 cm³/mol. The van der Waals surface area contributed by atoms with Crippen LogP contribution in [0.5, 0.6) is 11.8 Å². The molecule has 3 aromatic heterocycles. The van der Waals surface area contributed by atoms with Crippen molar-refractivity contribution in [1.82, 2.24) is 23.9 Å². The Morgan fingerprint density at radius 3 is 2.21 bits per heavy atom. The van der Waals surface area contributed by atoms with E-state index in [0.29, 0.717) is 40.6 Å². The van der Waals surface area contributed by atoms with Crippen LogP contribution in [-0.4, -0.2) is 35.0 Å². The molecule has 6 aromatic rings. The van der Waals surface area contributed by atoms with Gasteiger partial charge in [-0.1, -0.05) is 60.7 Å². The number of hydrogen-bond donors (Lipinski definition) is 1. The Morgan fingerprint density at radius 2 is 1.52 bits per heavy atom. The van der Waals surface area contributed by atoms with Gasteiger partial charge in [-0.2, -0.15) is 10.1 Å². The molecule has 3 aromatic carbocycles. The number of fused-ring (bicyclic) bond motifs is 1. The molecule has 0 unspecified atom stereocenters. The Labute approximate surface area is 240 Å². The van der Waals surface area contributed by atoms with Crippen molar-refractivity contribution in [2.75, 3.05) is 0 Å². The molecule has 10 heteroatoms. The van der Waals surface area contributed by atoms with Gasteiger partial charge in [-0.3, -0.25) is 13.9 Å². The molecule has 0 atom stereocenters. The Balaban J connectivity index is 1.38. The zero-order valence-corrected chi connectivity index (χ0v) is 22.8. The van der Waals surface area contributed by atoms with Crippen molar-refractivity contribution in [2.45, 2.75) is 19.6 Å². The van der Waals surface area contributed by atoms with Crippen LogP contribution in [0.3, 0.4) is 0 Å². The van der Waals surface area contributed by atoms with E-state index in [1.807, 2.05) is 78.9 Å². The summed E-state index contributed by atoms with van der Waals surface area (Å²) in [5, 5.41) is 13.4. The van der Waals surface area contributed by atoms with E-state index in [9.17, 15) is 9.59 Å². The normalized spacial score (nSPS) is 11.1. The minimum atomic E-state index is -0.953. The standard InChI is InChI=1S/C32H27N5O5/c1-35-28-19-25(36-17-16-24(34-36)18-30(38)39)12-13-26(28)37(32(35)40)27-14-15-29(41-20-22-8-4-2-5-9-22)33-31(27)42-21-23-10-6-3-7-11-23/h2-17,19H,18,20-21H2,1H3,(H,38,39). The van der Waals surface area contributed by atoms with Gasteiger partial charge >= 0.3 is 11.7 Å². The average molecular weight is 562 g/mol. The Kier molecular flexibility index (Phi) is 7.25. The van der Waals surface area contributed by atoms with E-state index in [1.54, 1.807) is 45.3 Å².